The molecule has 0 fully saturated rings. The van der Waals surface area contributed by atoms with Gasteiger partial charge in [-0.05, 0) is 23.9 Å². The Morgan fingerprint density at radius 1 is 1.21 bits per heavy atom. The summed E-state index contributed by atoms with van der Waals surface area (Å²) in [5, 5.41) is 22.0. The number of hydrogen-bond donors (Lipinski definition) is 3. The first-order valence-corrected chi connectivity index (χ1v) is 7.87. The normalized spacial score (nSPS) is 10.6. The van der Waals surface area contributed by atoms with Gasteiger partial charge in [0.1, 0.15) is 0 Å². The van der Waals surface area contributed by atoms with Crippen molar-refractivity contribution in [3.8, 4) is 0 Å². The highest BCUT2D eigenvalue weighted by Crippen LogP contribution is 2.06. The van der Waals surface area contributed by atoms with Crippen LogP contribution in [0.4, 0.5) is 0 Å². The van der Waals surface area contributed by atoms with Crippen molar-refractivity contribution in [2.45, 2.75) is 38.5 Å². The van der Waals surface area contributed by atoms with Crippen LogP contribution in [0.3, 0.4) is 0 Å². The first-order valence-electron chi connectivity index (χ1n) is 7.87. The second kappa shape index (κ2) is 11.4. The van der Waals surface area contributed by atoms with Gasteiger partial charge in [0.25, 0.3) is 0 Å². The van der Waals surface area contributed by atoms with Crippen LogP contribution in [0.1, 0.15) is 44.1 Å². The Bertz CT molecular complexity index is 563. The number of methoxy groups -OCH3 is 1. The smallest absolute Gasteiger partial charge is 0.469 e. The number of hydrazone groups is 1. The minimum Gasteiger partial charge on any atom is -0.469 e. The average molecular weight is 334 g/mol. The molecular formula is C16H23BN2O5. The summed E-state index contributed by atoms with van der Waals surface area (Å²) < 4.78 is 4.55. The molecule has 0 bridgehead atoms. The maximum Gasteiger partial charge on any atom is 0.488 e. The van der Waals surface area contributed by atoms with Crippen molar-refractivity contribution >= 4 is 30.7 Å². The van der Waals surface area contributed by atoms with Gasteiger partial charge in [-0.25, -0.2) is 5.43 Å². The Morgan fingerprint density at radius 2 is 1.92 bits per heavy atom. The molecule has 0 aliphatic heterocycles. The third-order valence-corrected chi connectivity index (χ3v) is 3.37. The Balaban J connectivity index is 2.19. The summed E-state index contributed by atoms with van der Waals surface area (Å²) in [6.07, 6.45) is 5.46. The van der Waals surface area contributed by atoms with Gasteiger partial charge in [0.15, 0.2) is 0 Å². The fourth-order valence-electron chi connectivity index (χ4n) is 2.05. The minimum atomic E-state index is -1.54. The van der Waals surface area contributed by atoms with Crippen molar-refractivity contribution in [3.63, 3.8) is 0 Å². The van der Waals surface area contributed by atoms with Gasteiger partial charge in [-0.1, -0.05) is 37.1 Å². The number of rotatable bonds is 10. The Hall–Kier alpha value is -2.19. The third-order valence-electron chi connectivity index (χ3n) is 3.37. The SMILES string of the molecule is COC(=O)CCCCCCC(=O)N/N=C/c1cccc(B(O)O)c1. The van der Waals surface area contributed by atoms with E-state index in [9.17, 15) is 9.59 Å². The molecule has 1 amide bonds. The van der Waals surface area contributed by atoms with E-state index in [2.05, 4.69) is 15.3 Å². The monoisotopic (exact) mass is 334 g/mol. The molecule has 0 unspecified atom stereocenters. The second-order valence-corrected chi connectivity index (χ2v) is 5.33. The van der Waals surface area contributed by atoms with Crippen LogP contribution >= 0.6 is 0 Å². The topological polar surface area (TPSA) is 108 Å². The van der Waals surface area contributed by atoms with Crippen LogP contribution in [0.2, 0.25) is 0 Å². The number of carbonyl (C=O) groups is 2. The first kappa shape index (κ1) is 19.9. The van der Waals surface area contributed by atoms with Crippen molar-refractivity contribution in [2.75, 3.05) is 7.11 Å². The number of hydrogen-bond acceptors (Lipinski definition) is 6. The summed E-state index contributed by atoms with van der Waals surface area (Å²) in [5.41, 5.74) is 3.44. The molecule has 1 aromatic rings. The lowest BCUT2D eigenvalue weighted by atomic mass is 9.80. The summed E-state index contributed by atoms with van der Waals surface area (Å²) >= 11 is 0. The van der Waals surface area contributed by atoms with E-state index < -0.39 is 7.12 Å². The highest BCUT2D eigenvalue weighted by atomic mass is 16.5. The Labute approximate surface area is 141 Å². The summed E-state index contributed by atoms with van der Waals surface area (Å²) in [5.74, 6) is -0.391. The molecule has 0 heterocycles. The number of carbonyl (C=O) groups excluding carboxylic acids is 2. The second-order valence-electron chi connectivity index (χ2n) is 5.33. The highest BCUT2D eigenvalue weighted by molar-refractivity contribution is 6.58. The van der Waals surface area contributed by atoms with E-state index in [0.29, 0.717) is 23.9 Å². The zero-order valence-corrected chi connectivity index (χ0v) is 13.8. The van der Waals surface area contributed by atoms with Crippen LogP contribution < -0.4 is 10.9 Å². The van der Waals surface area contributed by atoms with Crippen LogP contribution in [0, 0.1) is 0 Å². The molecule has 1 aromatic carbocycles. The highest BCUT2D eigenvalue weighted by Gasteiger charge is 2.09. The van der Waals surface area contributed by atoms with Gasteiger partial charge in [0.05, 0.1) is 13.3 Å². The largest absolute Gasteiger partial charge is 0.488 e. The molecule has 3 N–H and O–H groups in total. The Morgan fingerprint density at radius 3 is 2.58 bits per heavy atom. The van der Waals surface area contributed by atoms with Crippen molar-refractivity contribution in [3.05, 3.63) is 29.8 Å². The van der Waals surface area contributed by atoms with Gasteiger partial charge in [0, 0.05) is 12.8 Å². The van der Waals surface area contributed by atoms with Crippen molar-refractivity contribution in [1.82, 2.24) is 5.43 Å². The van der Waals surface area contributed by atoms with E-state index in [1.165, 1.54) is 13.3 Å². The molecule has 24 heavy (non-hydrogen) atoms. The summed E-state index contributed by atoms with van der Waals surface area (Å²) in [6, 6.07) is 6.57. The van der Waals surface area contributed by atoms with Crippen molar-refractivity contribution in [1.29, 1.82) is 0 Å². The van der Waals surface area contributed by atoms with Crippen LogP contribution in [-0.2, 0) is 14.3 Å². The Kier molecular flexibility index (Phi) is 9.41. The van der Waals surface area contributed by atoms with Crippen molar-refractivity contribution in [2.24, 2.45) is 5.10 Å². The molecule has 0 aliphatic carbocycles. The number of esters is 1. The van der Waals surface area contributed by atoms with Crippen LogP contribution in [0.25, 0.3) is 0 Å². The van der Waals surface area contributed by atoms with E-state index in [0.717, 1.165) is 25.7 Å². The van der Waals surface area contributed by atoms with Gasteiger partial charge in [0.2, 0.25) is 5.91 Å². The van der Waals surface area contributed by atoms with Gasteiger partial charge in [-0.2, -0.15) is 5.10 Å². The molecule has 130 valence electrons. The maximum atomic E-state index is 11.6. The van der Waals surface area contributed by atoms with Gasteiger partial charge in [-0.3, -0.25) is 9.59 Å². The predicted octanol–water partition coefficient (Wildman–Crippen LogP) is 0.330. The molecule has 0 saturated carbocycles. The van der Waals surface area contributed by atoms with Gasteiger partial charge in [-0.15, -0.1) is 0 Å². The molecule has 0 radical (unpaired) electrons. The molecule has 0 aromatic heterocycles. The number of unbranched alkanes of at least 4 members (excludes halogenated alkanes) is 3. The molecule has 1 rings (SSSR count). The fraction of sp³-hybridized carbons (Fsp3) is 0.438. The molecule has 0 aliphatic rings. The number of nitrogens with one attached hydrogen (secondary N) is 1. The third kappa shape index (κ3) is 8.45. The number of benzene rings is 1. The number of nitrogens with zero attached hydrogens (tertiary/aromatic N) is 1. The van der Waals surface area contributed by atoms with E-state index in [-0.39, 0.29) is 11.9 Å². The van der Waals surface area contributed by atoms with Crippen molar-refractivity contribution < 1.29 is 24.4 Å². The predicted molar refractivity (Wildman–Crippen MR) is 91.7 cm³/mol. The molecule has 0 atom stereocenters. The molecule has 0 spiro atoms. The lowest BCUT2D eigenvalue weighted by Gasteiger charge is -2.02. The molecule has 0 saturated heterocycles. The fourth-order valence-corrected chi connectivity index (χ4v) is 2.05. The van der Waals surface area contributed by atoms with E-state index in [1.807, 2.05) is 0 Å². The van der Waals surface area contributed by atoms with Gasteiger partial charge >= 0.3 is 13.1 Å². The van der Waals surface area contributed by atoms with E-state index in [1.54, 1.807) is 24.3 Å². The van der Waals surface area contributed by atoms with Crippen LogP contribution in [0.15, 0.2) is 29.4 Å². The number of amides is 1. The minimum absolute atomic E-state index is 0.183. The summed E-state index contributed by atoms with van der Waals surface area (Å²) in [4.78, 5) is 22.5. The van der Waals surface area contributed by atoms with Crippen LogP contribution in [0.5, 0.6) is 0 Å². The zero-order valence-electron chi connectivity index (χ0n) is 13.8. The molecule has 7 nitrogen and oxygen atoms in total. The van der Waals surface area contributed by atoms with E-state index in [4.69, 9.17) is 10.0 Å². The summed E-state index contributed by atoms with van der Waals surface area (Å²) in [6.45, 7) is 0. The summed E-state index contributed by atoms with van der Waals surface area (Å²) in [7, 11) is -0.165. The maximum absolute atomic E-state index is 11.6. The van der Waals surface area contributed by atoms with E-state index >= 15 is 0 Å². The zero-order chi connectivity index (χ0) is 17.8. The lowest BCUT2D eigenvalue weighted by Crippen LogP contribution is -2.29. The molecule has 8 heteroatoms. The number of ether oxygens (including phenoxy) is 1. The van der Waals surface area contributed by atoms with Gasteiger partial charge < -0.3 is 14.8 Å². The standard InChI is InChI=1S/C16H23BN2O5/c1-24-16(21)10-5-3-2-4-9-15(20)19-18-12-13-7-6-8-14(11-13)17(22)23/h6-8,11-12,22-23H,2-5,9-10H2,1H3,(H,19,20)/b18-12+. The lowest BCUT2D eigenvalue weighted by molar-refractivity contribution is -0.140. The molecular weight excluding hydrogens is 311 g/mol. The first-order chi connectivity index (χ1) is 11.5. The quantitative estimate of drug-likeness (QED) is 0.188. The average Bonchev–Trinajstić information content (AvgIpc) is 2.57. The van der Waals surface area contributed by atoms with Crippen LogP contribution in [-0.4, -0.2) is 42.4 Å².